The van der Waals surface area contributed by atoms with Crippen LogP contribution in [0.3, 0.4) is 0 Å². The standard InChI is InChI=1S/C18H6N4O2/c19-7-13-14(8-20)22-16-12(21-13)6-5-11-15(16)18(24)10-4-2-1-3-9(10)17(11)23/h1-6H. The van der Waals surface area contributed by atoms with Gasteiger partial charge in [-0.3, -0.25) is 9.59 Å². The molecule has 24 heavy (non-hydrogen) atoms. The van der Waals surface area contributed by atoms with E-state index < -0.39 is 0 Å². The van der Waals surface area contributed by atoms with Crippen molar-refractivity contribution in [3.63, 3.8) is 0 Å². The molecule has 2 aromatic carbocycles. The van der Waals surface area contributed by atoms with Crippen LogP contribution in [-0.2, 0) is 0 Å². The van der Waals surface area contributed by atoms with Gasteiger partial charge in [-0.15, -0.1) is 0 Å². The Morgan fingerprint density at radius 2 is 1.38 bits per heavy atom. The molecule has 110 valence electrons. The lowest BCUT2D eigenvalue weighted by atomic mass is 9.83. The van der Waals surface area contributed by atoms with Crippen LogP contribution in [0.15, 0.2) is 36.4 Å². The molecule has 1 aromatic heterocycles. The molecular weight excluding hydrogens is 304 g/mol. The fraction of sp³-hybridized carbons (Fsp3) is 0. The Morgan fingerprint density at radius 3 is 2.04 bits per heavy atom. The van der Waals surface area contributed by atoms with E-state index in [9.17, 15) is 9.59 Å². The molecule has 4 rings (SSSR count). The Hall–Kier alpha value is -3.90. The Bertz CT molecular complexity index is 1170. The lowest BCUT2D eigenvalue weighted by molar-refractivity contribution is 0.0980. The van der Waals surface area contributed by atoms with Crippen LogP contribution in [0.4, 0.5) is 0 Å². The Kier molecular flexibility index (Phi) is 2.75. The molecule has 1 aliphatic carbocycles. The number of aromatic nitrogens is 2. The van der Waals surface area contributed by atoms with Crippen LogP contribution in [0.5, 0.6) is 0 Å². The summed E-state index contributed by atoms with van der Waals surface area (Å²) in [5.41, 5.74) is 1.18. The molecule has 0 unspecified atom stereocenters. The van der Waals surface area contributed by atoms with E-state index in [1.54, 1.807) is 36.4 Å². The monoisotopic (exact) mass is 310 g/mol. The number of carbonyl (C=O) groups excluding carboxylic acids is 2. The molecule has 0 fully saturated rings. The topological polar surface area (TPSA) is 108 Å². The summed E-state index contributed by atoms with van der Waals surface area (Å²) in [5, 5.41) is 18.2. The van der Waals surface area contributed by atoms with Crippen molar-refractivity contribution in [3.8, 4) is 12.1 Å². The van der Waals surface area contributed by atoms with Gasteiger partial charge in [0.25, 0.3) is 0 Å². The van der Waals surface area contributed by atoms with Gasteiger partial charge in [-0.1, -0.05) is 24.3 Å². The maximum Gasteiger partial charge on any atom is 0.196 e. The van der Waals surface area contributed by atoms with Crippen LogP contribution < -0.4 is 0 Å². The van der Waals surface area contributed by atoms with Crippen LogP contribution in [0.2, 0.25) is 0 Å². The van der Waals surface area contributed by atoms with Crippen LogP contribution in [0.1, 0.15) is 43.2 Å². The third-order valence-electron chi connectivity index (χ3n) is 3.94. The molecule has 1 heterocycles. The van der Waals surface area contributed by atoms with Gasteiger partial charge in [0.15, 0.2) is 23.0 Å². The van der Waals surface area contributed by atoms with Crippen molar-refractivity contribution in [2.75, 3.05) is 0 Å². The third kappa shape index (κ3) is 1.68. The van der Waals surface area contributed by atoms with Crippen molar-refractivity contribution in [1.29, 1.82) is 10.5 Å². The van der Waals surface area contributed by atoms with E-state index in [0.29, 0.717) is 16.6 Å². The maximum absolute atomic E-state index is 12.9. The van der Waals surface area contributed by atoms with Gasteiger partial charge in [0, 0.05) is 16.7 Å². The second kappa shape index (κ2) is 4.80. The van der Waals surface area contributed by atoms with E-state index in [0.717, 1.165) is 0 Å². The van der Waals surface area contributed by atoms with Gasteiger partial charge in [-0.05, 0) is 12.1 Å². The highest BCUT2D eigenvalue weighted by Crippen LogP contribution is 2.31. The van der Waals surface area contributed by atoms with E-state index in [-0.39, 0.29) is 39.6 Å². The van der Waals surface area contributed by atoms with E-state index in [4.69, 9.17) is 10.5 Å². The second-order valence-corrected chi connectivity index (χ2v) is 5.20. The largest absolute Gasteiger partial charge is 0.289 e. The van der Waals surface area contributed by atoms with Gasteiger partial charge in [-0.2, -0.15) is 10.5 Å². The maximum atomic E-state index is 12.9. The summed E-state index contributed by atoms with van der Waals surface area (Å²) in [4.78, 5) is 33.7. The predicted molar refractivity (Wildman–Crippen MR) is 82.3 cm³/mol. The minimum atomic E-state index is -0.339. The number of fused-ring (bicyclic) bond motifs is 4. The van der Waals surface area contributed by atoms with Crippen LogP contribution in [0, 0.1) is 22.7 Å². The number of benzene rings is 2. The molecule has 0 saturated carbocycles. The minimum absolute atomic E-state index is 0.111. The summed E-state index contributed by atoms with van der Waals surface area (Å²) >= 11 is 0. The molecule has 1 aliphatic rings. The minimum Gasteiger partial charge on any atom is -0.289 e. The molecule has 3 aromatic rings. The fourth-order valence-corrected chi connectivity index (χ4v) is 2.86. The Morgan fingerprint density at radius 1 is 0.750 bits per heavy atom. The summed E-state index contributed by atoms with van der Waals surface area (Å²) in [5.74, 6) is -0.611. The van der Waals surface area contributed by atoms with Gasteiger partial charge in [0.2, 0.25) is 0 Å². The second-order valence-electron chi connectivity index (χ2n) is 5.20. The molecule has 0 radical (unpaired) electrons. The number of ketones is 2. The van der Waals surface area contributed by atoms with Crippen LogP contribution >= 0.6 is 0 Å². The van der Waals surface area contributed by atoms with E-state index in [1.807, 2.05) is 0 Å². The lowest BCUT2D eigenvalue weighted by Gasteiger charge is -2.18. The van der Waals surface area contributed by atoms with Crippen LogP contribution in [-0.4, -0.2) is 21.5 Å². The number of carbonyl (C=O) groups is 2. The number of hydrogen-bond donors (Lipinski definition) is 0. The average molecular weight is 310 g/mol. The average Bonchev–Trinajstić information content (AvgIpc) is 2.64. The highest BCUT2D eigenvalue weighted by atomic mass is 16.1. The zero-order valence-corrected chi connectivity index (χ0v) is 12.1. The molecule has 0 N–H and O–H groups in total. The SMILES string of the molecule is N#Cc1nc2ccc3c(c2nc1C#N)C(=O)c1ccccc1C3=O. The first-order valence-electron chi connectivity index (χ1n) is 6.99. The third-order valence-corrected chi connectivity index (χ3v) is 3.94. The first kappa shape index (κ1) is 13.7. The van der Waals surface area contributed by atoms with Crippen molar-refractivity contribution < 1.29 is 9.59 Å². The van der Waals surface area contributed by atoms with E-state index >= 15 is 0 Å². The van der Waals surface area contributed by atoms with Crippen LogP contribution in [0.25, 0.3) is 11.0 Å². The van der Waals surface area contributed by atoms with Gasteiger partial charge >= 0.3 is 0 Å². The van der Waals surface area contributed by atoms with E-state index in [1.165, 1.54) is 12.1 Å². The predicted octanol–water partition coefficient (Wildman–Crippen LogP) is 2.15. The number of nitriles is 2. The van der Waals surface area contributed by atoms with Gasteiger partial charge in [0.05, 0.1) is 11.1 Å². The van der Waals surface area contributed by atoms with Gasteiger partial charge < -0.3 is 0 Å². The summed E-state index contributed by atoms with van der Waals surface area (Å²) in [6, 6.07) is 13.2. The van der Waals surface area contributed by atoms with Gasteiger partial charge in [-0.25, -0.2) is 9.97 Å². The highest BCUT2D eigenvalue weighted by molar-refractivity contribution is 6.31. The molecule has 6 nitrogen and oxygen atoms in total. The van der Waals surface area contributed by atoms with Crippen molar-refractivity contribution in [2.24, 2.45) is 0 Å². The smallest absolute Gasteiger partial charge is 0.196 e. The number of rotatable bonds is 0. The molecule has 0 amide bonds. The fourth-order valence-electron chi connectivity index (χ4n) is 2.86. The molecule has 0 saturated heterocycles. The molecule has 0 atom stereocenters. The Labute approximate surface area is 135 Å². The van der Waals surface area contributed by atoms with Crippen molar-refractivity contribution >= 4 is 22.6 Å². The summed E-state index contributed by atoms with van der Waals surface area (Å²) in [6.07, 6.45) is 0. The first-order valence-corrected chi connectivity index (χ1v) is 6.99. The Balaban J connectivity index is 2.12. The zero-order chi connectivity index (χ0) is 16.8. The zero-order valence-electron chi connectivity index (χ0n) is 12.1. The van der Waals surface area contributed by atoms with Gasteiger partial charge in [0.1, 0.15) is 17.7 Å². The number of nitrogens with zero attached hydrogens (tertiary/aromatic N) is 4. The first-order chi connectivity index (χ1) is 11.7. The highest BCUT2D eigenvalue weighted by Gasteiger charge is 2.32. The quantitative estimate of drug-likeness (QED) is 0.492. The van der Waals surface area contributed by atoms with E-state index in [2.05, 4.69) is 9.97 Å². The molecule has 0 spiro atoms. The summed E-state index contributed by atoms with van der Waals surface area (Å²) < 4.78 is 0. The summed E-state index contributed by atoms with van der Waals surface area (Å²) in [7, 11) is 0. The van der Waals surface area contributed by atoms with Crippen molar-refractivity contribution in [1.82, 2.24) is 9.97 Å². The number of hydrogen-bond acceptors (Lipinski definition) is 6. The molecule has 0 bridgehead atoms. The summed E-state index contributed by atoms with van der Waals surface area (Å²) in [6.45, 7) is 0. The van der Waals surface area contributed by atoms with Crippen molar-refractivity contribution in [3.05, 3.63) is 70.0 Å². The molecule has 6 heteroatoms. The molecular formula is C18H6N4O2. The lowest BCUT2D eigenvalue weighted by Crippen LogP contribution is -2.21. The molecule has 0 aliphatic heterocycles. The normalized spacial score (nSPS) is 12.2. The van der Waals surface area contributed by atoms with Crippen molar-refractivity contribution in [2.45, 2.75) is 0 Å².